The zero-order valence-corrected chi connectivity index (χ0v) is 21.1. The lowest BCUT2D eigenvalue weighted by atomic mass is 9.85. The van der Waals surface area contributed by atoms with Crippen LogP contribution in [0.4, 0.5) is 17.3 Å². The summed E-state index contributed by atoms with van der Waals surface area (Å²) in [6, 6.07) is 10.6. The van der Waals surface area contributed by atoms with Gasteiger partial charge in [-0.15, -0.1) is 0 Å². The Labute approximate surface area is 212 Å². The Morgan fingerprint density at radius 2 is 1.92 bits per heavy atom. The minimum atomic E-state index is -0.0400. The van der Waals surface area contributed by atoms with Gasteiger partial charge in [0.2, 0.25) is 11.9 Å². The molecule has 1 fully saturated rings. The number of hydrogen-bond acceptors (Lipinski definition) is 6. The lowest BCUT2D eigenvalue weighted by molar-refractivity contribution is -0.122. The average Bonchev–Trinajstić information content (AvgIpc) is 2.89. The Balaban J connectivity index is 1.30. The number of Topliss-reactive ketones (excluding diaryl/α,β-unsaturated/α-hetero) is 1. The van der Waals surface area contributed by atoms with Crippen molar-refractivity contribution in [2.75, 3.05) is 16.8 Å². The number of ketones is 1. The van der Waals surface area contributed by atoms with Gasteiger partial charge in [-0.3, -0.25) is 14.6 Å². The summed E-state index contributed by atoms with van der Waals surface area (Å²) in [5.74, 6) is 1.28. The van der Waals surface area contributed by atoms with Gasteiger partial charge in [0.15, 0.2) is 0 Å². The van der Waals surface area contributed by atoms with Crippen LogP contribution in [0.25, 0.3) is 11.1 Å². The summed E-state index contributed by atoms with van der Waals surface area (Å²) in [6.07, 6.45) is 10.2. The maximum Gasteiger partial charge on any atom is 0.230 e. The van der Waals surface area contributed by atoms with Crippen molar-refractivity contribution in [2.24, 2.45) is 5.92 Å². The van der Waals surface area contributed by atoms with Gasteiger partial charge in [0, 0.05) is 43.9 Å². The number of aryl methyl sites for hydroxylation is 3. The van der Waals surface area contributed by atoms with E-state index in [0.29, 0.717) is 42.6 Å². The fourth-order valence-corrected chi connectivity index (χ4v) is 5.42. The summed E-state index contributed by atoms with van der Waals surface area (Å²) in [4.78, 5) is 40.4. The van der Waals surface area contributed by atoms with Gasteiger partial charge < -0.3 is 10.2 Å². The molecule has 2 aromatic heterocycles. The molecule has 1 aliphatic carbocycles. The standard InChI is InChI=1S/C29H33N5O2/c1-19-28(33-27(36)13-10-21-6-3-9-25(35)16-21)20(2)32-29(31-19)34-15-5-8-23-17-22(11-12-26(23)34)24-7-4-14-30-18-24/h4,7,11-12,14,17-18,21H,3,5-6,8-10,13,15-16H2,1-2H3,(H,33,36). The molecule has 0 radical (unpaired) electrons. The molecule has 1 amide bonds. The van der Waals surface area contributed by atoms with Crippen molar-refractivity contribution in [1.29, 1.82) is 0 Å². The number of rotatable bonds is 6. The van der Waals surface area contributed by atoms with Crippen LogP contribution in [-0.2, 0) is 16.0 Å². The molecule has 3 heterocycles. The molecular weight excluding hydrogens is 450 g/mol. The van der Waals surface area contributed by atoms with Gasteiger partial charge in [-0.25, -0.2) is 9.97 Å². The number of aromatic nitrogens is 3. The quantitative estimate of drug-likeness (QED) is 0.483. The molecule has 0 bridgehead atoms. The molecule has 186 valence electrons. The third-order valence-corrected chi connectivity index (χ3v) is 7.32. The molecule has 5 rings (SSSR count). The van der Waals surface area contributed by atoms with E-state index in [1.165, 1.54) is 5.56 Å². The van der Waals surface area contributed by atoms with Gasteiger partial charge in [-0.2, -0.15) is 0 Å². The van der Waals surface area contributed by atoms with Gasteiger partial charge in [0.1, 0.15) is 5.78 Å². The highest BCUT2D eigenvalue weighted by molar-refractivity contribution is 5.92. The summed E-state index contributed by atoms with van der Waals surface area (Å²) in [5, 5.41) is 3.03. The van der Waals surface area contributed by atoms with Crippen LogP contribution in [0.2, 0.25) is 0 Å². The smallest absolute Gasteiger partial charge is 0.230 e. The number of carbonyl (C=O) groups excluding carboxylic acids is 2. The molecule has 2 aliphatic rings. The Kier molecular flexibility index (Phi) is 7.07. The van der Waals surface area contributed by atoms with E-state index in [-0.39, 0.29) is 5.91 Å². The summed E-state index contributed by atoms with van der Waals surface area (Å²) in [7, 11) is 0. The number of pyridine rings is 1. The first-order valence-electron chi connectivity index (χ1n) is 13.0. The van der Waals surface area contributed by atoms with Gasteiger partial charge in [-0.1, -0.05) is 12.1 Å². The van der Waals surface area contributed by atoms with E-state index in [1.807, 2.05) is 26.1 Å². The molecule has 7 nitrogen and oxygen atoms in total. The van der Waals surface area contributed by atoms with Crippen LogP contribution in [0.1, 0.15) is 61.9 Å². The van der Waals surface area contributed by atoms with Crippen LogP contribution in [0.3, 0.4) is 0 Å². The highest BCUT2D eigenvalue weighted by Gasteiger charge is 2.24. The molecule has 1 aromatic carbocycles. The van der Waals surface area contributed by atoms with Crippen LogP contribution in [0, 0.1) is 19.8 Å². The molecule has 3 aromatic rings. The molecule has 0 saturated heterocycles. The van der Waals surface area contributed by atoms with Gasteiger partial charge in [0.25, 0.3) is 0 Å². The van der Waals surface area contributed by atoms with Crippen molar-refractivity contribution in [3.8, 4) is 11.1 Å². The number of nitrogens with one attached hydrogen (secondary N) is 1. The lowest BCUT2D eigenvalue weighted by Gasteiger charge is -2.30. The van der Waals surface area contributed by atoms with Crippen LogP contribution in [0.5, 0.6) is 0 Å². The van der Waals surface area contributed by atoms with Crippen molar-refractivity contribution in [1.82, 2.24) is 15.0 Å². The first-order chi connectivity index (χ1) is 17.5. The predicted molar refractivity (Wildman–Crippen MR) is 141 cm³/mol. The number of nitrogens with zero attached hydrogens (tertiary/aromatic N) is 4. The Morgan fingerprint density at radius 1 is 1.08 bits per heavy atom. The Morgan fingerprint density at radius 3 is 2.67 bits per heavy atom. The monoisotopic (exact) mass is 483 g/mol. The van der Waals surface area contributed by atoms with Crippen LogP contribution < -0.4 is 10.2 Å². The summed E-state index contributed by atoms with van der Waals surface area (Å²) in [6.45, 7) is 4.69. The highest BCUT2D eigenvalue weighted by Crippen LogP contribution is 2.35. The number of fused-ring (bicyclic) bond motifs is 1. The Bertz CT molecular complexity index is 1250. The molecule has 1 atom stereocenters. The SMILES string of the molecule is Cc1nc(N2CCCc3cc(-c4cccnc4)ccc32)nc(C)c1NC(=O)CCC1CCCC(=O)C1. The van der Waals surface area contributed by atoms with E-state index in [0.717, 1.165) is 66.9 Å². The molecule has 1 aliphatic heterocycles. The van der Waals surface area contributed by atoms with Crippen molar-refractivity contribution in [3.63, 3.8) is 0 Å². The molecule has 0 spiro atoms. The first kappa shape index (κ1) is 24.1. The zero-order chi connectivity index (χ0) is 25.1. The molecule has 1 unspecified atom stereocenters. The second-order valence-corrected chi connectivity index (χ2v) is 10.00. The number of amides is 1. The minimum absolute atomic E-state index is 0.0400. The predicted octanol–water partition coefficient (Wildman–Crippen LogP) is 5.72. The summed E-state index contributed by atoms with van der Waals surface area (Å²) in [5.41, 5.74) is 6.89. The third kappa shape index (κ3) is 5.30. The molecule has 36 heavy (non-hydrogen) atoms. The second kappa shape index (κ2) is 10.6. The lowest BCUT2D eigenvalue weighted by Crippen LogP contribution is -2.27. The Hall–Kier alpha value is -3.61. The first-order valence-corrected chi connectivity index (χ1v) is 13.0. The summed E-state index contributed by atoms with van der Waals surface area (Å²) >= 11 is 0. The van der Waals surface area contributed by atoms with E-state index >= 15 is 0 Å². The van der Waals surface area contributed by atoms with Gasteiger partial charge in [-0.05, 0) is 86.8 Å². The van der Waals surface area contributed by atoms with Crippen LogP contribution in [0.15, 0.2) is 42.7 Å². The maximum atomic E-state index is 12.7. The number of hydrogen-bond donors (Lipinski definition) is 1. The topological polar surface area (TPSA) is 88.1 Å². The molecule has 7 heteroatoms. The van der Waals surface area contributed by atoms with Crippen molar-refractivity contribution in [3.05, 3.63) is 59.7 Å². The zero-order valence-electron chi connectivity index (χ0n) is 21.1. The van der Waals surface area contributed by atoms with Crippen LogP contribution >= 0.6 is 0 Å². The fraction of sp³-hybridized carbons (Fsp3) is 0.414. The average molecular weight is 484 g/mol. The van der Waals surface area contributed by atoms with E-state index in [4.69, 9.17) is 9.97 Å². The van der Waals surface area contributed by atoms with E-state index in [1.54, 1.807) is 6.20 Å². The maximum absolute atomic E-state index is 12.7. The number of benzene rings is 1. The van der Waals surface area contributed by atoms with E-state index < -0.39 is 0 Å². The minimum Gasteiger partial charge on any atom is -0.323 e. The van der Waals surface area contributed by atoms with E-state index in [2.05, 4.69) is 39.5 Å². The summed E-state index contributed by atoms with van der Waals surface area (Å²) < 4.78 is 0. The molecule has 1 saturated carbocycles. The van der Waals surface area contributed by atoms with Crippen molar-refractivity contribution >= 4 is 29.0 Å². The molecule has 1 N–H and O–H groups in total. The highest BCUT2D eigenvalue weighted by atomic mass is 16.1. The fourth-order valence-electron chi connectivity index (χ4n) is 5.42. The van der Waals surface area contributed by atoms with Gasteiger partial charge >= 0.3 is 0 Å². The van der Waals surface area contributed by atoms with Gasteiger partial charge in [0.05, 0.1) is 17.1 Å². The van der Waals surface area contributed by atoms with Crippen molar-refractivity contribution < 1.29 is 9.59 Å². The number of anilines is 3. The molecular formula is C29H33N5O2. The van der Waals surface area contributed by atoms with Crippen molar-refractivity contribution in [2.45, 2.75) is 65.2 Å². The number of carbonyl (C=O) groups is 2. The van der Waals surface area contributed by atoms with E-state index in [9.17, 15) is 9.59 Å². The van der Waals surface area contributed by atoms with Crippen LogP contribution in [-0.4, -0.2) is 33.2 Å². The third-order valence-electron chi connectivity index (χ3n) is 7.32. The normalized spacial score (nSPS) is 17.6. The second-order valence-electron chi connectivity index (χ2n) is 10.00. The largest absolute Gasteiger partial charge is 0.323 e.